The number of imidazole rings is 1. The van der Waals surface area contributed by atoms with Crippen molar-refractivity contribution in [3.63, 3.8) is 0 Å². The van der Waals surface area contributed by atoms with Gasteiger partial charge in [-0.2, -0.15) is 0 Å². The summed E-state index contributed by atoms with van der Waals surface area (Å²) in [5, 5.41) is 0. The molecule has 0 radical (unpaired) electrons. The van der Waals surface area contributed by atoms with Crippen LogP contribution in [0.2, 0.25) is 0 Å². The first-order valence-electron chi connectivity index (χ1n) is 7.99. The van der Waals surface area contributed by atoms with Crippen LogP contribution in [0.5, 0.6) is 0 Å². The van der Waals surface area contributed by atoms with Crippen LogP contribution in [0, 0.1) is 5.92 Å². The van der Waals surface area contributed by atoms with E-state index in [4.69, 9.17) is 4.74 Å². The van der Waals surface area contributed by atoms with Gasteiger partial charge in [-0.1, -0.05) is 0 Å². The van der Waals surface area contributed by atoms with E-state index in [1.165, 1.54) is 0 Å². The van der Waals surface area contributed by atoms with E-state index >= 15 is 0 Å². The number of hydrogen-bond donors (Lipinski definition) is 0. The molecule has 2 atom stereocenters. The summed E-state index contributed by atoms with van der Waals surface area (Å²) in [5.41, 5.74) is 1.07. The molecule has 7 nitrogen and oxygen atoms in total. The fourth-order valence-electron chi connectivity index (χ4n) is 3.50. The number of rotatable bonds is 5. The Balaban J connectivity index is 1.73. The fraction of sp³-hybridized carbons (Fsp3) is 0.733. The quantitative estimate of drug-likeness (QED) is 0.759. The van der Waals surface area contributed by atoms with Crippen molar-refractivity contribution >= 4 is 15.7 Å². The molecule has 3 rings (SSSR count). The second kappa shape index (κ2) is 6.60. The first-order chi connectivity index (χ1) is 11.0. The van der Waals surface area contributed by atoms with E-state index in [1.54, 1.807) is 24.5 Å². The number of carbonyl (C=O) groups is 1. The van der Waals surface area contributed by atoms with Crippen LogP contribution in [0.1, 0.15) is 18.5 Å². The smallest absolute Gasteiger partial charge is 0.226 e. The molecular formula is C15H23N3O4S. The maximum atomic E-state index is 13.0. The number of hydrogen-bond acceptors (Lipinski definition) is 5. The molecule has 1 saturated heterocycles. The molecule has 0 aromatic carbocycles. The molecule has 1 fully saturated rings. The van der Waals surface area contributed by atoms with Gasteiger partial charge >= 0.3 is 0 Å². The molecule has 1 aromatic rings. The predicted molar refractivity (Wildman–Crippen MR) is 84.7 cm³/mol. The highest BCUT2D eigenvalue weighted by Crippen LogP contribution is 2.25. The highest BCUT2D eigenvalue weighted by molar-refractivity contribution is 7.91. The minimum Gasteiger partial charge on any atom is -0.383 e. The normalized spacial score (nSPS) is 26.0. The molecule has 2 aliphatic rings. The molecule has 0 aliphatic carbocycles. The minimum absolute atomic E-state index is 0.0524. The summed E-state index contributed by atoms with van der Waals surface area (Å²) in [6.45, 7) is 1.66. The lowest BCUT2D eigenvalue weighted by molar-refractivity contribution is -0.138. The number of nitrogens with zero attached hydrogens (tertiary/aromatic N) is 3. The van der Waals surface area contributed by atoms with Crippen molar-refractivity contribution in [2.45, 2.75) is 31.8 Å². The van der Waals surface area contributed by atoms with Crippen LogP contribution in [0.25, 0.3) is 0 Å². The maximum absolute atomic E-state index is 13.0. The summed E-state index contributed by atoms with van der Waals surface area (Å²) in [5.74, 6) is 0.204. The number of aryl methyl sites for hydroxylation is 1. The zero-order valence-electron chi connectivity index (χ0n) is 13.3. The number of ether oxygens (including phenoxy) is 1. The van der Waals surface area contributed by atoms with Gasteiger partial charge in [0.15, 0.2) is 9.84 Å². The van der Waals surface area contributed by atoms with Gasteiger partial charge in [0, 0.05) is 50.5 Å². The topological polar surface area (TPSA) is 81.5 Å². The van der Waals surface area contributed by atoms with Gasteiger partial charge in [-0.25, -0.2) is 13.4 Å². The molecule has 0 N–H and O–H groups in total. The van der Waals surface area contributed by atoms with Gasteiger partial charge in [-0.15, -0.1) is 0 Å². The molecule has 2 unspecified atom stereocenters. The van der Waals surface area contributed by atoms with E-state index in [-0.39, 0.29) is 29.4 Å². The second-order valence-corrected chi connectivity index (χ2v) is 8.58. The summed E-state index contributed by atoms with van der Waals surface area (Å²) < 4.78 is 30.7. The van der Waals surface area contributed by atoms with E-state index in [0.717, 1.165) is 18.7 Å². The van der Waals surface area contributed by atoms with Crippen molar-refractivity contribution < 1.29 is 17.9 Å². The number of aromatic nitrogens is 2. The zero-order valence-corrected chi connectivity index (χ0v) is 14.2. The molecule has 1 amide bonds. The number of carbonyl (C=O) groups excluding carboxylic acids is 1. The van der Waals surface area contributed by atoms with Crippen molar-refractivity contribution in [1.82, 2.24) is 14.5 Å². The van der Waals surface area contributed by atoms with E-state index in [1.807, 2.05) is 0 Å². The SMILES string of the molecule is COCCN(C(=O)C1CCn2cncc2C1)C1CCS(=O)(=O)C1. The number of fused-ring (bicyclic) bond motifs is 1. The average molecular weight is 341 g/mol. The lowest BCUT2D eigenvalue weighted by Gasteiger charge is -2.33. The van der Waals surface area contributed by atoms with Crippen LogP contribution < -0.4 is 0 Å². The molecule has 23 heavy (non-hydrogen) atoms. The lowest BCUT2D eigenvalue weighted by Crippen LogP contribution is -2.47. The van der Waals surface area contributed by atoms with E-state index in [2.05, 4.69) is 9.55 Å². The first-order valence-corrected chi connectivity index (χ1v) is 9.81. The van der Waals surface area contributed by atoms with Crippen LogP contribution in [0.4, 0.5) is 0 Å². The third-order valence-electron chi connectivity index (χ3n) is 4.79. The number of methoxy groups -OCH3 is 1. The largest absolute Gasteiger partial charge is 0.383 e. The Hall–Kier alpha value is -1.41. The molecule has 0 spiro atoms. The molecule has 8 heteroatoms. The van der Waals surface area contributed by atoms with E-state index < -0.39 is 9.84 Å². The number of sulfone groups is 1. The van der Waals surface area contributed by atoms with Gasteiger partial charge in [0.25, 0.3) is 0 Å². The van der Waals surface area contributed by atoms with Crippen molar-refractivity contribution in [1.29, 1.82) is 0 Å². The van der Waals surface area contributed by atoms with Crippen molar-refractivity contribution in [2.24, 2.45) is 5.92 Å². The Kier molecular flexibility index (Phi) is 4.72. The Bertz CT molecular complexity index is 670. The number of amides is 1. The summed E-state index contributed by atoms with van der Waals surface area (Å²) in [4.78, 5) is 18.8. The van der Waals surface area contributed by atoms with Gasteiger partial charge in [-0.3, -0.25) is 4.79 Å². The van der Waals surface area contributed by atoms with Crippen LogP contribution in [-0.4, -0.2) is 66.6 Å². The second-order valence-electron chi connectivity index (χ2n) is 6.35. The van der Waals surface area contributed by atoms with Gasteiger partial charge in [0.2, 0.25) is 5.91 Å². The highest BCUT2D eigenvalue weighted by Gasteiger charge is 2.37. The Morgan fingerprint density at radius 1 is 1.48 bits per heavy atom. The van der Waals surface area contributed by atoms with Crippen LogP contribution in [0.3, 0.4) is 0 Å². The van der Waals surface area contributed by atoms with Gasteiger partial charge in [-0.05, 0) is 12.8 Å². The molecule has 2 aliphatic heterocycles. The van der Waals surface area contributed by atoms with Crippen LogP contribution >= 0.6 is 0 Å². The molecule has 0 saturated carbocycles. The maximum Gasteiger partial charge on any atom is 0.226 e. The Morgan fingerprint density at radius 3 is 3.00 bits per heavy atom. The molecule has 3 heterocycles. The monoisotopic (exact) mass is 341 g/mol. The third kappa shape index (κ3) is 3.58. The Labute approximate surface area is 136 Å². The van der Waals surface area contributed by atoms with Crippen molar-refractivity contribution in [3.8, 4) is 0 Å². The standard InChI is InChI=1S/C15H23N3O4S/c1-22-6-5-18(13-3-7-23(20,21)10-13)15(19)12-2-4-17-11-16-9-14(17)8-12/h9,11-13H,2-8,10H2,1H3. The Morgan fingerprint density at radius 2 is 2.30 bits per heavy atom. The molecular weight excluding hydrogens is 318 g/mol. The van der Waals surface area contributed by atoms with Crippen molar-refractivity contribution in [2.75, 3.05) is 31.8 Å². The van der Waals surface area contributed by atoms with Gasteiger partial charge in [0.05, 0.1) is 24.4 Å². The van der Waals surface area contributed by atoms with Crippen LogP contribution in [0.15, 0.2) is 12.5 Å². The fourth-order valence-corrected chi connectivity index (χ4v) is 5.23. The first kappa shape index (κ1) is 16.4. The predicted octanol–water partition coefficient (Wildman–Crippen LogP) is 0.108. The van der Waals surface area contributed by atoms with Gasteiger partial charge in [0.1, 0.15) is 0 Å². The average Bonchev–Trinajstić information content (AvgIpc) is 3.12. The van der Waals surface area contributed by atoms with Gasteiger partial charge < -0.3 is 14.2 Å². The summed E-state index contributed by atoms with van der Waals surface area (Å²) in [7, 11) is -1.43. The summed E-state index contributed by atoms with van der Waals surface area (Å²) in [6.07, 6.45) is 5.57. The molecule has 128 valence electrons. The van der Waals surface area contributed by atoms with Crippen molar-refractivity contribution in [3.05, 3.63) is 18.2 Å². The van der Waals surface area contributed by atoms with E-state index in [9.17, 15) is 13.2 Å². The summed E-state index contributed by atoms with van der Waals surface area (Å²) >= 11 is 0. The molecule has 0 bridgehead atoms. The van der Waals surface area contributed by atoms with E-state index in [0.29, 0.717) is 26.0 Å². The lowest BCUT2D eigenvalue weighted by atomic mass is 9.94. The zero-order chi connectivity index (χ0) is 16.4. The minimum atomic E-state index is -3.02. The van der Waals surface area contributed by atoms with Crippen LogP contribution in [-0.2, 0) is 32.3 Å². The third-order valence-corrected chi connectivity index (χ3v) is 6.54. The highest BCUT2D eigenvalue weighted by atomic mass is 32.2. The molecule has 1 aromatic heterocycles. The summed E-state index contributed by atoms with van der Waals surface area (Å²) in [6, 6.07) is -0.213.